The van der Waals surface area contributed by atoms with E-state index in [9.17, 15) is 14.7 Å². The Bertz CT molecular complexity index is 1130. The normalized spacial score (nSPS) is 18.4. The summed E-state index contributed by atoms with van der Waals surface area (Å²) in [6, 6.07) is 15.8. The van der Waals surface area contributed by atoms with E-state index in [2.05, 4.69) is 15.9 Å². The first-order valence-corrected chi connectivity index (χ1v) is 10.7. The van der Waals surface area contributed by atoms with Crippen molar-refractivity contribution in [3.8, 4) is 0 Å². The molecule has 0 aliphatic carbocycles. The van der Waals surface area contributed by atoms with Crippen LogP contribution in [0.3, 0.4) is 0 Å². The third kappa shape index (κ3) is 3.43. The van der Waals surface area contributed by atoms with Gasteiger partial charge in [-0.25, -0.2) is 0 Å². The van der Waals surface area contributed by atoms with Gasteiger partial charge < -0.3 is 5.11 Å². The minimum absolute atomic E-state index is 0.114. The Kier molecular flexibility index (Phi) is 5.15. The van der Waals surface area contributed by atoms with Crippen molar-refractivity contribution < 1.29 is 14.7 Å². The number of rotatable bonds is 3. The van der Waals surface area contributed by atoms with Crippen LogP contribution in [0.15, 0.2) is 70.0 Å². The number of hydrogen-bond acceptors (Lipinski definition) is 4. The van der Waals surface area contributed by atoms with E-state index in [0.29, 0.717) is 11.3 Å². The van der Waals surface area contributed by atoms with Gasteiger partial charge in [0.2, 0.25) is 0 Å². The van der Waals surface area contributed by atoms with Crippen molar-refractivity contribution >= 4 is 50.4 Å². The molecular weight excluding hydrogens is 450 g/mol. The van der Waals surface area contributed by atoms with E-state index in [1.54, 1.807) is 24.3 Å². The molecule has 1 unspecified atom stereocenters. The lowest BCUT2D eigenvalue weighted by molar-refractivity contribution is -0.132. The quantitative estimate of drug-likeness (QED) is 0.302. The smallest absolute Gasteiger partial charge is 0.300 e. The summed E-state index contributed by atoms with van der Waals surface area (Å²) in [5.74, 6) is -1.47. The third-order valence-electron chi connectivity index (χ3n) is 5.02. The zero-order valence-electron chi connectivity index (χ0n) is 15.8. The van der Waals surface area contributed by atoms with Crippen LogP contribution in [0.1, 0.15) is 27.6 Å². The van der Waals surface area contributed by atoms with E-state index in [4.69, 9.17) is 0 Å². The first-order valence-electron chi connectivity index (χ1n) is 9.06. The second-order valence-electron chi connectivity index (χ2n) is 6.98. The van der Waals surface area contributed by atoms with Gasteiger partial charge >= 0.3 is 0 Å². The molecule has 1 saturated heterocycles. The van der Waals surface area contributed by atoms with Gasteiger partial charge in [0.05, 0.1) is 5.57 Å². The maximum absolute atomic E-state index is 13.0. The van der Waals surface area contributed by atoms with Gasteiger partial charge in [0.1, 0.15) is 11.8 Å². The molecular formula is C23H18BrNO3S. The number of halogens is 1. The van der Waals surface area contributed by atoms with Crippen molar-refractivity contribution in [2.75, 3.05) is 4.90 Å². The van der Waals surface area contributed by atoms with Crippen molar-refractivity contribution in [3.05, 3.63) is 91.6 Å². The molecule has 1 aromatic heterocycles. The van der Waals surface area contributed by atoms with Crippen molar-refractivity contribution in [3.63, 3.8) is 0 Å². The van der Waals surface area contributed by atoms with Gasteiger partial charge in [-0.1, -0.05) is 45.8 Å². The summed E-state index contributed by atoms with van der Waals surface area (Å²) < 4.78 is 0.861. The molecule has 0 bridgehead atoms. The molecule has 1 N–H and O–H groups in total. The highest BCUT2D eigenvalue weighted by Crippen LogP contribution is 2.44. The van der Waals surface area contributed by atoms with Gasteiger partial charge in [-0.15, -0.1) is 11.3 Å². The zero-order chi connectivity index (χ0) is 20.7. The Morgan fingerprint density at radius 1 is 1.00 bits per heavy atom. The lowest BCUT2D eigenvalue weighted by Gasteiger charge is -2.25. The molecule has 1 amide bonds. The highest BCUT2D eigenvalue weighted by atomic mass is 79.9. The molecule has 0 spiro atoms. The number of nitrogens with zero attached hydrogens (tertiary/aromatic N) is 1. The van der Waals surface area contributed by atoms with Gasteiger partial charge in [-0.3, -0.25) is 14.5 Å². The minimum atomic E-state index is -0.677. The summed E-state index contributed by atoms with van der Waals surface area (Å²) in [6.45, 7) is 3.91. The number of ketones is 1. The lowest BCUT2D eigenvalue weighted by atomic mass is 9.98. The monoisotopic (exact) mass is 467 g/mol. The Morgan fingerprint density at radius 3 is 2.24 bits per heavy atom. The van der Waals surface area contributed by atoms with Crippen LogP contribution in [0.4, 0.5) is 5.69 Å². The van der Waals surface area contributed by atoms with Crippen LogP contribution in [-0.4, -0.2) is 16.8 Å². The molecule has 2 heterocycles. The van der Waals surface area contributed by atoms with Crippen LogP contribution < -0.4 is 4.90 Å². The summed E-state index contributed by atoms with van der Waals surface area (Å²) in [5.41, 5.74) is 3.27. The van der Waals surface area contributed by atoms with Crippen molar-refractivity contribution in [2.45, 2.75) is 19.9 Å². The Labute approximate surface area is 181 Å². The van der Waals surface area contributed by atoms with Gasteiger partial charge in [-0.2, -0.15) is 0 Å². The molecule has 4 rings (SSSR count). The minimum Gasteiger partial charge on any atom is -0.507 e. The van der Waals surface area contributed by atoms with Crippen molar-refractivity contribution in [2.24, 2.45) is 0 Å². The summed E-state index contributed by atoms with van der Waals surface area (Å²) >= 11 is 4.85. The predicted octanol–water partition coefficient (Wildman–Crippen LogP) is 5.75. The molecule has 4 nitrogen and oxygen atoms in total. The maximum atomic E-state index is 13.0. The summed E-state index contributed by atoms with van der Waals surface area (Å²) in [7, 11) is 0. The van der Waals surface area contributed by atoms with Gasteiger partial charge in [0.15, 0.2) is 0 Å². The Morgan fingerprint density at radius 2 is 1.66 bits per heavy atom. The first-order chi connectivity index (χ1) is 13.9. The van der Waals surface area contributed by atoms with E-state index in [1.165, 1.54) is 16.2 Å². The highest BCUT2D eigenvalue weighted by molar-refractivity contribution is 9.10. The van der Waals surface area contributed by atoms with Crippen molar-refractivity contribution in [1.82, 2.24) is 0 Å². The van der Waals surface area contributed by atoms with Gasteiger partial charge in [0.25, 0.3) is 11.7 Å². The SMILES string of the molecule is Cc1ccc(N2C(=O)C(=O)/C(=C(\O)c3ccc(Br)cc3)C2c2sccc2C)cc1. The number of anilines is 1. The highest BCUT2D eigenvalue weighted by Gasteiger charge is 2.47. The number of aryl methyl sites for hydroxylation is 2. The number of thiophene rings is 1. The molecule has 2 aromatic carbocycles. The van der Waals surface area contributed by atoms with Crippen LogP contribution in [-0.2, 0) is 9.59 Å². The average Bonchev–Trinajstić information content (AvgIpc) is 3.24. The molecule has 6 heteroatoms. The van der Waals surface area contributed by atoms with E-state index < -0.39 is 17.7 Å². The van der Waals surface area contributed by atoms with Gasteiger partial charge in [0, 0.05) is 20.6 Å². The van der Waals surface area contributed by atoms with Crippen LogP contribution in [0.25, 0.3) is 5.76 Å². The second-order valence-corrected chi connectivity index (χ2v) is 8.84. The summed E-state index contributed by atoms with van der Waals surface area (Å²) in [6.07, 6.45) is 0. The van der Waals surface area contributed by atoms with E-state index in [0.717, 1.165) is 20.5 Å². The van der Waals surface area contributed by atoms with E-state index in [1.807, 2.05) is 49.6 Å². The topological polar surface area (TPSA) is 57.6 Å². The average molecular weight is 468 g/mol. The molecule has 1 aliphatic heterocycles. The lowest BCUT2D eigenvalue weighted by Crippen LogP contribution is -2.29. The molecule has 1 fully saturated rings. The summed E-state index contributed by atoms with van der Waals surface area (Å²) in [4.78, 5) is 28.4. The number of carbonyl (C=O) groups is 2. The Hall–Kier alpha value is -2.70. The fraction of sp³-hybridized carbons (Fsp3) is 0.130. The number of Topliss-reactive ketones (excluding diaryl/α,β-unsaturated/α-hetero) is 1. The number of hydrogen-bond donors (Lipinski definition) is 1. The zero-order valence-corrected chi connectivity index (χ0v) is 18.3. The molecule has 1 atom stereocenters. The number of benzene rings is 2. The van der Waals surface area contributed by atoms with Crippen LogP contribution in [0, 0.1) is 13.8 Å². The van der Waals surface area contributed by atoms with E-state index >= 15 is 0 Å². The van der Waals surface area contributed by atoms with Crippen LogP contribution in [0.2, 0.25) is 0 Å². The molecule has 0 saturated carbocycles. The van der Waals surface area contributed by atoms with E-state index in [-0.39, 0.29) is 11.3 Å². The number of aliphatic hydroxyl groups is 1. The third-order valence-corrected chi connectivity index (χ3v) is 6.62. The van der Waals surface area contributed by atoms with Gasteiger partial charge in [-0.05, 0) is 55.1 Å². The van der Waals surface area contributed by atoms with Crippen LogP contribution >= 0.6 is 27.3 Å². The largest absolute Gasteiger partial charge is 0.507 e. The maximum Gasteiger partial charge on any atom is 0.300 e. The molecule has 29 heavy (non-hydrogen) atoms. The fourth-order valence-corrected chi connectivity index (χ4v) is 4.77. The second kappa shape index (κ2) is 7.61. The standard InChI is InChI=1S/C23H18BrNO3S/c1-13-3-9-17(10-4-13)25-19(22-14(2)11-12-29-22)18(21(27)23(25)28)20(26)15-5-7-16(24)8-6-15/h3-12,19,26H,1-2H3/b20-18-. The number of carbonyl (C=O) groups excluding carboxylic acids is 2. The summed E-state index contributed by atoms with van der Waals surface area (Å²) in [5, 5.41) is 13.0. The first kappa shape index (κ1) is 19.6. The fourth-order valence-electron chi connectivity index (χ4n) is 3.48. The molecule has 146 valence electrons. The molecule has 3 aromatic rings. The molecule has 0 radical (unpaired) electrons. The predicted molar refractivity (Wildman–Crippen MR) is 119 cm³/mol. The van der Waals surface area contributed by atoms with Crippen molar-refractivity contribution in [1.29, 1.82) is 0 Å². The number of aliphatic hydroxyl groups excluding tert-OH is 1. The molecule has 1 aliphatic rings. The number of amides is 1. The van der Waals surface area contributed by atoms with Crippen LogP contribution in [0.5, 0.6) is 0 Å². The Balaban J connectivity index is 1.94.